The first-order valence-electron chi connectivity index (χ1n) is 7.10. The van der Waals surface area contributed by atoms with Crippen LogP contribution in [0.3, 0.4) is 0 Å². The molecule has 0 aliphatic heterocycles. The van der Waals surface area contributed by atoms with Crippen LogP contribution in [0.25, 0.3) is 44.2 Å². The van der Waals surface area contributed by atoms with Gasteiger partial charge >= 0.3 is 0 Å². The molecule has 0 aliphatic carbocycles. The summed E-state index contributed by atoms with van der Waals surface area (Å²) < 4.78 is 0. The summed E-state index contributed by atoms with van der Waals surface area (Å²) in [6.07, 6.45) is 3.54. The number of hydrogen-bond acceptors (Lipinski definition) is 6. The van der Waals surface area contributed by atoms with E-state index < -0.39 is 0 Å². The monoisotopic (exact) mass is 315 g/mol. The number of nitrogens with zero attached hydrogens (tertiary/aromatic N) is 5. The second-order valence-electron chi connectivity index (χ2n) is 5.14. The van der Waals surface area contributed by atoms with Crippen LogP contribution in [0.4, 0.5) is 0 Å². The zero-order valence-electron chi connectivity index (χ0n) is 11.8. The quantitative estimate of drug-likeness (QED) is 0.440. The highest BCUT2D eigenvalue weighted by Crippen LogP contribution is 2.31. The normalized spacial score (nSPS) is 11.5. The van der Waals surface area contributed by atoms with Gasteiger partial charge in [0.25, 0.3) is 0 Å². The molecule has 0 aliphatic rings. The number of aromatic nitrogens is 5. The fourth-order valence-corrected chi connectivity index (χ4v) is 3.41. The van der Waals surface area contributed by atoms with E-state index in [4.69, 9.17) is 4.98 Å². The molecular weight excluding hydrogens is 306 g/mol. The highest BCUT2D eigenvalue weighted by Gasteiger charge is 2.14. The molecule has 5 rings (SSSR count). The maximum atomic E-state index is 4.76. The van der Waals surface area contributed by atoms with Gasteiger partial charge in [-0.15, -0.1) is 10.2 Å². The molecule has 0 radical (unpaired) electrons. The molecular formula is C17H9N5S. The SMILES string of the molecule is c1cnc2c(c1)c1nnc(-c3ccsc3)nc1c1cccnc12. The third-order valence-electron chi connectivity index (χ3n) is 3.82. The van der Waals surface area contributed by atoms with Crippen LogP contribution < -0.4 is 0 Å². The molecule has 0 unspecified atom stereocenters. The molecule has 108 valence electrons. The molecule has 0 bridgehead atoms. The minimum absolute atomic E-state index is 0.632. The Labute approximate surface area is 134 Å². The van der Waals surface area contributed by atoms with Crippen molar-refractivity contribution >= 4 is 44.2 Å². The minimum atomic E-state index is 0.632. The second kappa shape index (κ2) is 4.76. The summed E-state index contributed by atoms with van der Waals surface area (Å²) in [6.45, 7) is 0. The van der Waals surface area contributed by atoms with Gasteiger partial charge in [-0.25, -0.2) is 4.98 Å². The largest absolute Gasteiger partial charge is 0.254 e. The Kier molecular flexibility index (Phi) is 2.59. The first-order valence-corrected chi connectivity index (χ1v) is 8.04. The fourth-order valence-electron chi connectivity index (χ4n) is 2.78. The summed E-state index contributed by atoms with van der Waals surface area (Å²) >= 11 is 1.62. The van der Waals surface area contributed by atoms with Crippen LogP contribution >= 0.6 is 11.3 Å². The van der Waals surface area contributed by atoms with Gasteiger partial charge in [0, 0.05) is 34.1 Å². The molecule has 5 nitrogen and oxygen atoms in total. The van der Waals surface area contributed by atoms with Gasteiger partial charge < -0.3 is 0 Å². The van der Waals surface area contributed by atoms with Crippen molar-refractivity contribution < 1.29 is 0 Å². The molecule has 4 aromatic heterocycles. The lowest BCUT2D eigenvalue weighted by Gasteiger charge is -2.07. The van der Waals surface area contributed by atoms with Gasteiger partial charge in [0.15, 0.2) is 5.82 Å². The summed E-state index contributed by atoms with van der Waals surface area (Å²) in [5.41, 5.74) is 4.22. The summed E-state index contributed by atoms with van der Waals surface area (Å²) in [7, 11) is 0. The molecule has 0 saturated heterocycles. The zero-order chi connectivity index (χ0) is 15.2. The summed E-state index contributed by atoms with van der Waals surface area (Å²) in [5, 5.41) is 14.6. The smallest absolute Gasteiger partial charge is 0.183 e. The van der Waals surface area contributed by atoms with E-state index >= 15 is 0 Å². The van der Waals surface area contributed by atoms with Gasteiger partial charge in [-0.2, -0.15) is 11.3 Å². The van der Waals surface area contributed by atoms with Crippen molar-refractivity contribution in [3.63, 3.8) is 0 Å². The molecule has 5 aromatic rings. The molecule has 6 heteroatoms. The first kappa shape index (κ1) is 12.5. The number of rotatable bonds is 1. The lowest BCUT2D eigenvalue weighted by molar-refractivity contribution is 1.04. The average Bonchev–Trinajstić information content (AvgIpc) is 3.16. The highest BCUT2D eigenvalue weighted by molar-refractivity contribution is 7.08. The Morgan fingerprint density at radius 2 is 1.48 bits per heavy atom. The van der Waals surface area contributed by atoms with Crippen LogP contribution in [0.1, 0.15) is 0 Å². The Morgan fingerprint density at radius 1 is 0.739 bits per heavy atom. The van der Waals surface area contributed by atoms with Gasteiger partial charge in [-0.1, -0.05) is 0 Å². The van der Waals surface area contributed by atoms with Gasteiger partial charge in [-0.3, -0.25) is 9.97 Å². The third-order valence-corrected chi connectivity index (χ3v) is 4.50. The molecule has 1 aromatic carbocycles. The van der Waals surface area contributed by atoms with Crippen LogP contribution in [0.2, 0.25) is 0 Å². The van der Waals surface area contributed by atoms with Crippen molar-refractivity contribution in [2.45, 2.75) is 0 Å². The van der Waals surface area contributed by atoms with Crippen molar-refractivity contribution in [2.75, 3.05) is 0 Å². The maximum absolute atomic E-state index is 4.76. The number of pyridine rings is 2. The maximum Gasteiger partial charge on any atom is 0.183 e. The van der Waals surface area contributed by atoms with Gasteiger partial charge in [-0.05, 0) is 35.7 Å². The van der Waals surface area contributed by atoms with Crippen molar-refractivity contribution in [1.29, 1.82) is 0 Å². The molecule has 23 heavy (non-hydrogen) atoms. The topological polar surface area (TPSA) is 64.5 Å². The van der Waals surface area contributed by atoms with E-state index in [-0.39, 0.29) is 0 Å². The molecule has 0 spiro atoms. The van der Waals surface area contributed by atoms with Crippen molar-refractivity contribution in [3.05, 3.63) is 53.5 Å². The Hall–Kier alpha value is -2.99. The van der Waals surface area contributed by atoms with E-state index in [1.165, 1.54) is 0 Å². The Balaban J connectivity index is 2.00. The molecule has 0 atom stereocenters. The van der Waals surface area contributed by atoms with E-state index in [1.807, 2.05) is 41.1 Å². The zero-order valence-corrected chi connectivity index (χ0v) is 12.7. The average molecular weight is 315 g/mol. The highest BCUT2D eigenvalue weighted by atomic mass is 32.1. The number of benzene rings is 1. The lowest BCUT2D eigenvalue weighted by Crippen LogP contribution is -1.97. The molecule has 0 saturated carbocycles. The van der Waals surface area contributed by atoms with Crippen molar-refractivity contribution in [3.8, 4) is 11.4 Å². The van der Waals surface area contributed by atoms with E-state index in [0.717, 1.165) is 38.4 Å². The summed E-state index contributed by atoms with van der Waals surface area (Å²) in [4.78, 5) is 13.7. The predicted octanol–water partition coefficient (Wildman–Crippen LogP) is 3.85. The molecule has 0 fully saturated rings. The number of hydrogen-bond donors (Lipinski definition) is 0. The second-order valence-corrected chi connectivity index (χ2v) is 5.92. The molecule has 0 amide bonds. The van der Waals surface area contributed by atoms with Gasteiger partial charge in [0.2, 0.25) is 0 Å². The van der Waals surface area contributed by atoms with E-state index in [0.29, 0.717) is 5.82 Å². The Morgan fingerprint density at radius 3 is 2.17 bits per heavy atom. The van der Waals surface area contributed by atoms with Crippen LogP contribution in [0.5, 0.6) is 0 Å². The van der Waals surface area contributed by atoms with Gasteiger partial charge in [0.05, 0.1) is 11.0 Å². The van der Waals surface area contributed by atoms with Crippen LogP contribution in [-0.4, -0.2) is 25.1 Å². The standard InChI is InChI=1S/C17H9N5S/c1-3-11-13(18-6-1)14-12(4-2-7-19-14)16-15(11)20-17(22-21-16)10-5-8-23-9-10/h1-9H. The van der Waals surface area contributed by atoms with Crippen LogP contribution in [0, 0.1) is 0 Å². The van der Waals surface area contributed by atoms with E-state index in [9.17, 15) is 0 Å². The van der Waals surface area contributed by atoms with Crippen molar-refractivity contribution in [2.24, 2.45) is 0 Å². The molecule has 0 N–H and O–H groups in total. The lowest BCUT2D eigenvalue weighted by atomic mass is 10.1. The van der Waals surface area contributed by atoms with Crippen LogP contribution in [-0.2, 0) is 0 Å². The van der Waals surface area contributed by atoms with Gasteiger partial charge in [0.1, 0.15) is 11.0 Å². The summed E-state index contributed by atoms with van der Waals surface area (Å²) in [6, 6.07) is 9.79. The molecule has 4 heterocycles. The summed E-state index contributed by atoms with van der Waals surface area (Å²) in [5.74, 6) is 0.632. The third kappa shape index (κ3) is 1.82. The van der Waals surface area contributed by atoms with E-state index in [2.05, 4.69) is 20.2 Å². The predicted molar refractivity (Wildman–Crippen MR) is 91.2 cm³/mol. The minimum Gasteiger partial charge on any atom is -0.254 e. The fraction of sp³-hybridized carbons (Fsp3) is 0. The number of thiophene rings is 1. The van der Waals surface area contributed by atoms with Crippen LogP contribution in [0.15, 0.2) is 53.5 Å². The van der Waals surface area contributed by atoms with Crippen molar-refractivity contribution in [1.82, 2.24) is 25.1 Å². The number of fused-ring (bicyclic) bond motifs is 6. The van der Waals surface area contributed by atoms with E-state index in [1.54, 1.807) is 23.7 Å². The first-order chi connectivity index (χ1) is 11.4. The Bertz CT molecular complexity index is 1130.